The summed E-state index contributed by atoms with van der Waals surface area (Å²) in [5.41, 5.74) is 0. The topological polar surface area (TPSA) is 0 Å². The first-order valence-corrected chi connectivity index (χ1v) is 1.45. The van der Waals surface area contributed by atoms with Crippen LogP contribution in [0.25, 0.3) is 0 Å². The van der Waals surface area contributed by atoms with E-state index in [1.807, 2.05) is 6.92 Å². The summed E-state index contributed by atoms with van der Waals surface area (Å²) in [6.45, 7) is 6.90. The van der Waals surface area contributed by atoms with Crippen LogP contribution < -0.4 is 0 Å². The van der Waals surface area contributed by atoms with Gasteiger partial charge in [-0.1, -0.05) is 13.3 Å². The zero-order chi connectivity index (χ0) is 3.41. The molecule has 0 heterocycles. The summed E-state index contributed by atoms with van der Waals surface area (Å²) in [4.78, 5) is 0. The second kappa shape index (κ2) is 8.86. The van der Waals surface area contributed by atoms with Crippen LogP contribution in [-0.2, 0) is 17.1 Å². The van der Waals surface area contributed by atoms with Crippen LogP contribution in [0.5, 0.6) is 0 Å². The van der Waals surface area contributed by atoms with E-state index in [0.29, 0.717) is 0 Å². The van der Waals surface area contributed by atoms with Gasteiger partial charge in [0.15, 0.2) is 0 Å². The van der Waals surface area contributed by atoms with Crippen molar-refractivity contribution in [2.24, 2.45) is 0 Å². The summed E-state index contributed by atoms with van der Waals surface area (Å²) in [5, 5.41) is 0. The Bertz CT molecular complexity index is 17.6. The van der Waals surface area contributed by atoms with E-state index in [4.69, 9.17) is 6.58 Å². The van der Waals surface area contributed by atoms with Crippen molar-refractivity contribution in [3.8, 4) is 0 Å². The maximum absolute atomic E-state index is 4.90. The molecule has 5 heavy (non-hydrogen) atoms. The molecule has 34 valence electrons. The average molecular weight is 119 g/mol. The van der Waals surface area contributed by atoms with E-state index >= 15 is 0 Å². The Hall–Kier alpha value is 0.259. The van der Waals surface area contributed by atoms with Crippen molar-refractivity contribution < 1.29 is 17.1 Å². The molecule has 0 aromatic heterocycles. The Kier molecular flexibility index (Phi) is 15.9. The molecule has 0 saturated heterocycles. The van der Waals surface area contributed by atoms with Crippen LogP contribution in [0.3, 0.4) is 0 Å². The first-order valence-electron chi connectivity index (χ1n) is 1.45. The fraction of sp³-hybridized carbons (Fsp3) is 0.500. The van der Waals surface area contributed by atoms with Crippen molar-refractivity contribution in [3.05, 3.63) is 12.7 Å². The molecule has 0 aromatic carbocycles. The van der Waals surface area contributed by atoms with Crippen LogP contribution in [0.1, 0.15) is 13.3 Å². The van der Waals surface area contributed by atoms with Gasteiger partial charge in [0, 0.05) is 0 Å². The van der Waals surface area contributed by atoms with Gasteiger partial charge in [-0.05, 0) is 0 Å². The molecule has 0 aliphatic heterocycles. The van der Waals surface area contributed by atoms with Gasteiger partial charge in [0.1, 0.15) is 0 Å². The van der Waals surface area contributed by atoms with Gasteiger partial charge in [-0.25, -0.2) is 0 Å². The molecular weight excluding hydrogens is 112 g/mol. The van der Waals surface area contributed by atoms with E-state index in [1.165, 1.54) is 0 Å². The van der Waals surface area contributed by atoms with Crippen LogP contribution in [-0.4, -0.2) is 0 Å². The van der Waals surface area contributed by atoms with Crippen molar-refractivity contribution in [3.63, 3.8) is 0 Å². The molecule has 0 radical (unpaired) electrons. The SMILES string of the molecule is [CH-]=CCC.[Cu+]. The third-order valence-electron chi connectivity index (χ3n) is 0.236. The third kappa shape index (κ3) is 13.7. The summed E-state index contributed by atoms with van der Waals surface area (Å²) >= 11 is 0. The number of hydrogen-bond donors (Lipinski definition) is 0. The zero-order valence-electron chi connectivity index (χ0n) is 3.16. The minimum atomic E-state index is 0. The van der Waals surface area contributed by atoms with Gasteiger partial charge in [0.2, 0.25) is 0 Å². The molecule has 0 fully saturated rings. The molecule has 0 aliphatic carbocycles. The smallest absolute Gasteiger partial charge is 0.518 e. The quantitative estimate of drug-likeness (QED) is 0.361. The molecule has 0 N–H and O–H groups in total. The van der Waals surface area contributed by atoms with Crippen LogP contribution >= 0.6 is 0 Å². The molecule has 0 atom stereocenters. The van der Waals surface area contributed by atoms with Gasteiger partial charge in [0.05, 0.1) is 0 Å². The summed E-state index contributed by atoms with van der Waals surface area (Å²) in [5.74, 6) is 0. The number of allylic oxidation sites excluding steroid dienone is 1. The number of hydrogen-bond acceptors (Lipinski definition) is 0. The minimum absolute atomic E-state index is 0. The van der Waals surface area contributed by atoms with Gasteiger partial charge in [0.25, 0.3) is 0 Å². The predicted molar refractivity (Wildman–Crippen MR) is 19.2 cm³/mol. The number of rotatable bonds is 1. The average Bonchev–Trinajstić information content (AvgIpc) is 1.37. The Morgan fingerprint density at radius 2 is 2.00 bits per heavy atom. The molecule has 0 aliphatic rings. The van der Waals surface area contributed by atoms with Crippen molar-refractivity contribution in [1.82, 2.24) is 0 Å². The molecule has 0 nitrogen and oxygen atoms in total. The Morgan fingerprint density at radius 3 is 2.00 bits per heavy atom. The predicted octanol–water partition coefficient (Wildman–Crippen LogP) is 1.38. The van der Waals surface area contributed by atoms with Crippen LogP contribution in [0.4, 0.5) is 0 Å². The summed E-state index contributed by atoms with van der Waals surface area (Å²) < 4.78 is 0. The van der Waals surface area contributed by atoms with Crippen LogP contribution in [0.2, 0.25) is 0 Å². The fourth-order valence-corrected chi connectivity index (χ4v) is 0. The Labute approximate surface area is 43.7 Å². The summed E-state index contributed by atoms with van der Waals surface area (Å²) in [6.07, 6.45) is 2.60. The largest absolute Gasteiger partial charge is 1.00 e. The second-order valence-electron chi connectivity index (χ2n) is 0.644. The minimum Gasteiger partial charge on any atom is -0.518 e. The van der Waals surface area contributed by atoms with Crippen molar-refractivity contribution >= 4 is 0 Å². The fourth-order valence-electron chi connectivity index (χ4n) is 0. The van der Waals surface area contributed by atoms with Crippen molar-refractivity contribution in [1.29, 1.82) is 0 Å². The van der Waals surface area contributed by atoms with E-state index in [0.717, 1.165) is 6.42 Å². The normalized spacial score (nSPS) is 5.00. The first kappa shape index (κ1) is 8.98. The molecule has 0 amide bonds. The summed E-state index contributed by atoms with van der Waals surface area (Å²) in [6, 6.07) is 0. The van der Waals surface area contributed by atoms with E-state index in [-0.39, 0.29) is 17.1 Å². The zero-order valence-corrected chi connectivity index (χ0v) is 4.10. The monoisotopic (exact) mass is 118 g/mol. The molecule has 0 aromatic rings. The van der Waals surface area contributed by atoms with Crippen LogP contribution in [0, 0.1) is 6.58 Å². The molecule has 0 bridgehead atoms. The Balaban J connectivity index is 0. The molecule has 0 spiro atoms. The van der Waals surface area contributed by atoms with Crippen molar-refractivity contribution in [2.75, 3.05) is 0 Å². The molecular formula is C4H7Cu. The molecule has 0 rings (SSSR count). The van der Waals surface area contributed by atoms with Gasteiger partial charge < -0.3 is 6.58 Å². The molecule has 0 saturated carbocycles. The standard InChI is InChI=1S/C4H7.Cu/c1-3-4-2;/h1,3H,4H2,2H3;/q-1;+1. The van der Waals surface area contributed by atoms with Gasteiger partial charge >= 0.3 is 17.1 Å². The van der Waals surface area contributed by atoms with Gasteiger partial charge in [-0.15, -0.1) is 0 Å². The van der Waals surface area contributed by atoms with E-state index in [9.17, 15) is 0 Å². The van der Waals surface area contributed by atoms with E-state index in [1.54, 1.807) is 6.08 Å². The first-order chi connectivity index (χ1) is 1.91. The van der Waals surface area contributed by atoms with Gasteiger partial charge in [-0.2, -0.15) is 0 Å². The van der Waals surface area contributed by atoms with E-state index in [2.05, 4.69) is 0 Å². The van der Waals surface area contributed by atoms with Gasteiger partial charge in [-0.3, -0.25) is 6.08 Å². The van der Waals surface area contributed by atoms with E-state index < -0.39 is 0 Å². The summed E-state index contributed by atoms with van der Waals surface area (Å²) in [7, 11) is 0. The second-order valence-corrected chi connectivity index (χ2v) is 0.644. The third-order valence-corrected chi connectivity index (χ3v) is 0.236. The molecule has 0 unspecified atom stereocenters. The van der Waals surface area contributed by atoms with Crippen molar-refractivity contribution in [2.45, 2.75) is 13.3 Å². The maximum atomic E-state index is 4.90. The molecule has 1 heteroatoms. The van der Waals surface area contributed by atoms with Crippen LogP contribution in [0.15, 0.2) is 6.08 Å². The Morgan fingerprint density at radius 1 is 1.80 bits per heavy atom. The maximum Gasteiger partial charge on any atom is 1.00 e.